The minimum Gasteiger partial charge on any atom is -0.370 e. The van der Waals surface area contributed by atoms with Gasteiger partial charge in [-0.05, 0) is 31.4 Å². The van der Waals surface area contributed by atoms with Gasteiger partial charge in [0, 0.05) is 52.5 Å². The molecule has 0 saturated carbocycles. The minimum absolute atomic E-state index is 0.00899. The predicted octanol–water partition coefficient (Wildman–Crippen LogP) is 2.76. The lowest BCUT2D eigenvalue weighted by atomic mass is 10.1. The van der Waals surface area contributed by atoms with Gasteiger partial charge in [0.25, 0.3) is 0 Å². The second-order valence-electron chi connectivity index (χ2n) is 7.34. The maximum absolute atomic E-state index is 12.8. The molecule has 2 saturated heterocycles. The van der Waals surface area contributed by atoms with Crippen LogP contribution in [0, 0.1) is 0 Å². The van der Waals surface area contributed by atoms with E-state index in [1.165, 1.54) is 19.3 Å². The summed E-state index contributed by atoms with van der Waals surface area (Å²) in [5.74, 6) is 0. The second-order valence-corrected chi connectivity index (χ2v) is 7.34. The number of carbonyl (C=O) groups excluding carboxylic acids is 1. The van der Waals surface area contributed by atoms with Crippen molar-refractivity contribution >= 4 is 23.1 Å². The van der Waals surface area contributed by atoms with Crippen molar-refractivity contribution in [3.8, 4) is 0 Å². The zero-order valence-electron chi connectivity index (χ0n) is 16.0. The zero-order valence-corrected chi connectivity index (χ0v) is 16.0. The number of piperidine rings is 1. The van der Waals surface area contributed by atoms with Crippen LogP contribution >= 0.6 is 0 Å². The molecule has 2 aliphatic heterocycles. The van der Waals surface area contributed by atoms with Crippen LogP contribution in [0.5, 0.6) is 0 Å². The van der Waals surface area contributed by atoms with Crippen LogP contribution in [-0.2, 0) is 7.05 Å². The van der Waals surface area contributed by atoms with Gasteiger partial charge in [-0.25, -0.2) is 4.79 Å². The average molecular weight is 368 g/mol. The molecule has 0 unspecified atom stereocenters. The molecule has 2 fully saturated rings. The maximum atomic E-state index is 12.8. The Labute approximate surface area is 160 Å². The Morgan fingerprint density at radius 1 is 0.963 bits per heavy atom. The minimum atomic E-state index is -0.00899. The van der Waals surface area contributed by atoms with Crippen LogP contribution in [-0.4, -0.2) is 60.0 Å². The van der Waals surface area contributed by atoms with Gasteiger partial charge in [-0.1, -0.05) is 12.1 Å². The van der Waals surface area contributed by atoms with E-state index in [2.05, 4.69) is 26.3 Å². The number of hydrogen-bond donors (Lipinski definition) is 1. The Morgan fingerprint density at radius 2 is 1.70 bits per heavy atom. The summed E-state index contributed by atoms with van der Waals surface area (Å²) in [6.07, 6.45) is 7.64. The van der Waals surface area contributed by atoms with Crippen molar-refractivity contribution in [1.29, 1.82) is 0 Å². The smallest absolute Gasteiger partial charge is 0.322 e. The summed E-state index contributed by atoms with van der Waals surface area (Å²) >= 11 is 0. The number of anilines is 3. The van der Waals surface area contributed by atoms with Gasteiger partial charge in [0.15, 0.2) is 0 Å². The van der Waals surface area contributed by atoms with Gasteiger partial charge in [-0.2, -0.15) is 5.10 Å². The number of benzene rings is 1. The summed E-state index contributed by atoms with van der Waals surface area (Å²) in [6, 6.07) is 8.15. The third-order valence-electron chi connectivity index (χ3n) is 5.47. The highest BCUT2D eigenvalue weighted by Crippen LogP contribution is 2.28. The molecule has 4 rings (SSSR count). The van der Waals surface area contributed by atoms with Gasteiger partial charge in [0.05, 0.1) is 23.3 Å². The summed E-state index contributed by atoms with van der Waals surface area (Å²) in [4.78, 5) is 19.4. The number of amides is 2. The van der Waals surface area contributed by atoms with E-state index in [4.69, 9.17) is 0 Å². The lowest BCUT2D eigenvalue weighted by Gasteiger charge is -2.36. The Balaban J connectivity index is 1.37. The highest BCUT2D eigenvalue weighted by molar-refractivity contribution is 5.93. The molecule has 7 heteroatoms. The van der Waals surface area contributed by atoms with Crippen LogP contribution in [0.2, 0.25) is 0 Å². The van der Waals surface area contributed by atoms with Gasteiger partial charge in [0.2, 0.25) is 0 Å². The van der Waals surface area contributed by atoms with Crippen molar-refractivity contribution in [2.45, 2.75) is 19.3 Å². The molecule has 0 aliphatic carbocycles. The lowest BCUT2D eigenvalue weighted by Crippen LogP contribution is -2.50. The molecule has 2 aromatic rings. The summed E-state index contributed by atoms with van der Waals surface area (Å²) in [5, 5.41) is 7.38. The molecule has 2 aliphatic rings. The predicted molar refractivity (Wildman–Crippen MR) is 109 cm³/mol. The van der Waals surface area contributed by atoms with Crippen LogP contribution in [0.3, 0.4) is 0 Å². The molecule has 1 N–H and O–H groups in total. The Hall–Kier alpha value is -2.70. The third kappa shape index (κ3) is 4.02. The van der Waals surface area contributed by atoms with Gasteiger partial charge in [-0.15, -0.1) is 0 Å². The number of nitrogens with zero attached hydrogens (tertiary/aromatic N) is 5. The van der Waals surface area contributed by atoms with E-state index in [-0.39, 0.29) is 6.03 Å². The van der Waals surface area contributed by atoms with E-state index < -0.39 is 0 Å². The number of aryl methyl sites for hydroxylation is 1. The van der Waals surface area contributed by atoms with Crippen LogP contribution in [0.25, 0.3) is 0 Å². The Kier molecular flexibility index (Phi) is 5.18. The largest absolute Gasteiger partial charge is 0.370 e. The number of para-hydroxylation sites is 2. The van der Waals surface area contributed by atoms with E-state index in [0.717, 1.165) is 43.2 Å². The molecule has 0 spiro atoms. The fourth-order valence-corrected chi connectivity index (χ4v) is 3.92. The first-order valence-corrected chi connectivity index (χ1v) is 9.84. The van der Waals surface area contributed by atoms with Crippen molar-refractivity contribution in [2.75, 3.05) is 54.4 Å². The van der Waals surface area contributed by atoms with Crippen LogP contribution in [0.4, 0.5) is 21.9 Å². The van der Waals surface area contributed by atoms with Gasteiger partial charge < -0.3 is 20.0 Å². The number of hydrogen-bond acceptors (Lipinski definition) is 4. The van der Waals surface area contributed by atoms with Gasteiger partial charge in [0.1, 0.15) is 0 Å². The standard InChI is InChI=1S/C20H28N6O/c1-23-16-17(15-21-23)24-11-13-26(14-12-24)20(27)22-18-7-3-4-8-19(18)25-9-5-2-6-10-25/h3-4,7-8,15-16H,2,5-6,9-14H2,1H3,(H,22,27). The second kappa shape index (κ2) is 7.90. The Bertz CT molecular complexity index is 774. The van der Waals surface area contributed by atoms with E-state index in [1.54, 1.807) is 0 Å². The first-order chi connectivity index (χ1) is 13.2. The lowest BCUT2D eigenvalue weighted by molar-refractivity contribution is 0.208. The Morgan fingerprint density at radius 3 is 2.41 bits per heavy atom. The highest BCUT2D eigenvalue weighted by atomic mass is 16.2. The fourth-order valence-electron chi connectivity index (χ4n) is 3.92. The summed E-state index contributed by atoms with van der Waals surface area (Å²) < 4.78 is 1.81. The highest BCUT2D eigenvalue weighted by Gasteiger charge is 2.23. The average Bonchev–Trinajstić information content (AvgIpc) is 3.15. The van der Waals surface area contributed by atoms with E-state index in [0.29, 0.717) is 13.1 Å². The number of rotatable bonds is 3. The molecule has 144 valence electrons. The molecule has 3 heterocycles. The molecule has 1 aromatic carbocycles. The van der Waals surface area contributed by atoms with Gasteiger partial charge in [-0.3, -0.25) is 4.68 Å². The first-order valence-electron chi connectivity index (χ1n) is 9.84. The van der Waals surface area contributed by atoms with Crippen molar-refractivity contribution < 1.29 is 4.79 Å². The van der Waals surface area contributed by atoms with Crippen molar-refractivity contribution in [1.82, 2.24) is 14.7 Å². The number of aromatic nitrogens is 2. The first kappa shape index (κ1) is 17.7. The number of urea groups is 1. The van der Waals surface area contributed by atoms with Crippen molar-refractivity contribution in [2.24, 2.45) is 7.05 Å². The van der Waals surface area contributed by atoms with Crippen LogP contribution in [0.15, 0.2) is 36.7 Å². The topological polar surface area (TPSA) is 56.6 Å². The molecule has 27 heavy (non-hydrogen) atoms. The molecular formula is C20H28N6O. The molecule has 0 bridgehead atoms. The molecule has 2 amide bonds. The summed E-state index contributed by atoms with van der Waals surface area (Å²) in [5.41, 5.74) is 3.17. The third-order valence-corrected chi connectivity index (χ3v) is 5.47. The molecular weight excluding hydrogens is 340 g/mol. The maximum Gasteiger partial charge on any atom is 0.322 e. The number of piperazine rings is 1. The molecule has 7 nitrogen and oxygen atoms in total. The number of nitrogens with one attached hydrogen (secondary N) is 1. The van der Waals surface area contributed by atoms with E-state index in [1.807, 2.05) is 47.2 Å². The molecule has 0 radical (unpaired) electrons. The zero-order chi connectivity index (χ0) is 18.6. The summed E-state index contributed by atoms with van der Waals surface area (Å²) in [6.45, 7) is 5.21. The summed E-state index contributed by atoms with van der Waals surface area (Å²) in [7, 11) is 1.92. The molecule has 1 aromatic heterocycles. The fraction of sp³-hybridized carbons (Fsp3) is 0.500. The quantitative estimate of drug-likeness (QED) is 0.905. The van der Waals surface area contributed by atoms with Crippen molar-refractivity contribution in [3.05, 3.63) is 36.7 Å². The van der Waals surface area contributed by atoms with Gasteiger partial charge >= 0.3 is 6.03 Å². The number of carbonyl (C=O) groups is 1. The van der Waals surface area contributed by atoms with Crippen LogP contribution in [0.1, 0.15) is 19.3 Å². The van der Waals surface area contributed by atoms with E-state index >= 15 is 0 Å². The van der Waals surface area contributed by atoms with Crippen LogP contribution < -0.4 is 15.1 Å². The SMILES string of the molecule is Cn1cc(N2CCN(C(=O)Nc3ccccc3N3CCCCC3)CC2)cn1. The molecule has 0 atom stereocenters. The van der Waals surface area contributed by atoms with Crippen molar-refractivity contribution in [3.63, 3.8) is 0 Å². The monoisotopic (exact) mass is 368 g/mol. The van der Waals surface area contributed by atoms with E-state index in [9.17, 15) is 4.79 Å². The normalized spacial score (nSPS) is 17.9.